The minimum Gasteiger partial charge on any atom is -0.497 e. The van der Waals surface area contributed by atoms with Gasteiger partial charge in [0.1, 0.15) is 5.75 Å². The van der Waals surface area contributed by atoms with Gasteiger partial charge in [0.05, 0.1) is 7.11 Å². The summed E-state index contributed by atoms with van der Waals surface area (Å²) in [7, 11) is 1.72. The lowest BCUT2D eigenvalue weighted by Gasteiger charge is -2.35. The van der Waals surface area contributed by atoms with E-state index in [1.807, 2.05) is 6.07 Å². The molecule has 2 saturated heterocycles. The predicted octanol–water partition coefficient (Wildman–Crippen LogP) is 2.80. The number of hydrogen-bond donors (Lipinski definition) is 0. The number of benzene rings is 1. The molecule has 0 spiro atoms. The Morgan fingerprint density at radius 2 is 1.48 bits per heavy atom. The molecule has 4 rings (SSSR count). The zero-order chi connectivity index (χ0) is 18.5. The Labute approximate surface area is 161 Å². The number of hydrogen-bond acceptors (Lipinski definition) is 6. The Morgan fingerprint density at radius 1 is 0.815 bits per heavy atom. The molecular weight excluding hydrogens is 338 g/mol. The van der Waals surface area contributed by atoms with Gasteiger partial charge in [0, 0.05) is 45.8 Å². The Morgan fingerprint density at radius 3 is 2.11 bits per heavy atom. The maximum Gasteiger partial charge on any atom is 0.151 e. The number of nitrogens with zero attached hydrogens (tertiary/aromatic N) is 5. The molecule has 0 aliphatic carbocycles. The lowest BCUT2D eigenvalue weighted by atomic mass is 10.1. The van der Waals surface area contributed by atoms with Crippen LogP contribution in [0.4, 0.5) is 11.6 Å². The van der Waals surface area contributed by atoms with E-state index in [1.165, 1.54) is 24.8 Å². The van der Waals surface area contributed by atoms with Gasteiger partial charge in [0.25, 0.3) is 0 Å². The zero-order valence-electron chi connectivity index (χ0n) is 16.2. The first kappa shape index (κ1) is 18.0. The van der Waals surface area contributed by atoms with Gasteiger partial charge in [-0.2, -0.15) is 0 Å². The molecule has 0 saturated carbocycles. The number of piperidine rings is 1. The first-order valence-corrected chi connectivity index (χ1v) is 10.0. The summed E-state index contributed by atoms with van der Waals surface area (Å²) < 4.78 is 5.33. The fraction of sp³-hybridized carbons (Fsp3) is 0.524. The van der Waals surface area contributed by atoms with Gasteiger partial charge in [0.15, 0.2) is 11.6 Å². The molecular formula is C21H29N5O. The van der Waals surface area contributed by atoms with Crippen molar-refractivity contribution in [3.63, 3.8) is 0 Å². The molecule has 144 valence electrons. The molecule has 27 heavy (non-hydrogen) atoms. The van der Waals surface area contributed by atoms with E-state index in [0.29, 0.717) is 0 Å². The summed E-state index contributed by atoms with van der Waals surface area (Å²) in [4.78, 5) is 7.18. The summed E-state index contributed by atoms with van der Waals surface area (Å²) in [5.41, 5.74) is 1.30. The van der Waals surface area contributed by atoms with Crippen LogP contribution in [0.15, 0.2) is 36.4 Å². The van der Waals surface area contributed by atoms with Gasteiger partial charge in [0.2, 0.25) is 0 Å². The molecule has 0 bridgehead atoms. The molecule has 0 N–H and O–H groups in total. The molecule has 2 fully saturated rings. The lowest BCUT2D eigenvalue weighted by molar-refractivity contribution is 0.249. The fourth-order valence-electron chi connectivity index (χ4n) is 3.94. The van der Waals surface area contributed by atoms with Crippen LogP contribution in [0.1, 0.15) is 24.8 Å². The van der Waals surface area contributed by atoms with Crippen molar-refractivity contribution in [2.75, 3.05) is 56.2 Å². The van der Waals surface area contributed by atoms with Crippen LogP contribution in [0.25, 0.3) is 0 Å². The molecule has 0 amide bonds. The van der Waals surface area contributed by atoms with E-state index >= 15 is 0 Å². The van der Waals surface area contributed by atoms with Crippen molar-refractivity contribution in [3.8, 4) is 5.75 Å². The highest BCUT2D eigenvalue weighted by atomic mass is 16.5. The highest BCUT2D eigenvalue weighted by Crippen LogP contribution is 2.20. The zero-order valence-corrected chi connectivity index (χ0v) is 16.2. The van der Waals surface area contributed by atoms with Gasteiger partial charge in [-0.05, 0) is 49.1 Å². The van der Waals surface area contributed by atoms with Crippen molar-refractivity contribution < 1.29 is 4.74 Å². The molecule has 2 aliphatic rings. The first-order chi connectivity index (χ1) is 13.3. The average Bonchev–Trinajstić information content (AvgIpc) is 2.75. The van der Waals surface area contributed by atoms with Gasteiger partial charge in [-0.15, -0.1) is 10.2 Å². The van der Waals surface area contributed by atoms with Crippen molar-refractivity contribution in [2.24, 2.45) is 0 Å². The van der Waals surface area contributed by atoms with Crippen molar-refractivity contribution in [1.82, 2.24) is 15.1 Å². The van der Waals surface area contributed by atoms with Crippen LogP contribution in [0.3, 0.4) is 0 Å². The van der Waals surface area contributed by atoms with Crippen LogP contribution in [0, 0.1) is 0 Å². The van der Waals surface area contributed by atoms with Gasteiger partial charge in [-0.3, -0.25) is 4.90 Å². The Balaban J connectivity index is 1.30. The van der Waals surface area contributed by atoms with Crippen LogP contribution >= 0.6 is 0 Å². The second-order valence-electron chi connectivity index (χ2n) is 7.41. The van der Waals surface area contributed by atoms with E-state index < -0.39 is 0 Å². The molecule has 0 atom stereocenters. The Bertz CT molecular complexity index is 722. The van der Waals surface area contributed by atoms with Crippen LogP contribution in [-0.4, -0.2) is 61.5 Å². The highest BCUT2D eigenvalue weighted by Gasteiger charge is 2.19. The predicted molar refractivity (Wildman–Crippen MR) is 109 cm³/mol. The van der Waals surface area contributed by atoms with Gasteiger partial charge < -0.3 is 14.5 Å². The molecule has 6 nitrogen and oxygen atoms in total. The second kappa shape index (κ2) is 8.57. The average molecular weight is 367 g/mol. The SMILES string of the molecule is COc1cccc(CN2CCN(c3ccc(N4CCCCC4)nn3)CC2)c1. The van der Waals surface area contributed by atoms with Gasteiger partial charge in [-0.1, -0.05) is 12.1 Å². The molecule has 0 radical (unpaired) electrons. The van der Waals surface area contributed by atoms with Crippen LogP contribution in [0.2, 0.25) is 0 Å². The molecule has 3 heterocycles. The quantitative estimate of drug-likeness (QED) is 0.810. The summed E-state index contributed by atoms with van der Waals surface area (Å²) in [5.74, 6) is 2.95. The number of rotatable bonds is 5. The number of ether oxygens (including phenoxy) is 1. The van der Waals surface area contributed by atoms with Crippen molar-refractivity contribution >= 4 is 11.6 Å². The summed E-state index contributed by atoms with van der Waals surface area (Å²) in [6.45, 7) is 7.22. The van der Waals surface area contributed by atoms with Crippen molar-refractivity contribution in [1.29, 1.82) is 0 Å². The molecule has 2 aromatic rings. The third-order valence-corrected chi connectivity index (χ3v) is 5.55. The van der Waals surface area contributed by atoms with Gasteiger partial charge >= 0.3 is 0 Å². The van der Waals surface area contributed by atoms with E-state index in [9.17, 15) is 0 Å². The standard InChI is InChI=1S/C21H29N5O/c1-27-19-7-5-6-18(16-19)17-24-12-14-26(15-13-24)21-9-8-20(22-23-21)25-10-3-2-4-11-25/h5-9,16H,2-4,10-15,17H2,1H3. The van der Waals surface area contributed by atoms with Crippen molar-refractivity contribution in [2.45, 2.75) is 25.8 Å². The van der Waals surface area contributed by atoms with Gasteiger partial charge in [-0.25, -0.2) is 0 Å². The summed E-state index contributed by atoms with van der Waals surface area (Å²) in [5, 5.41) is 9.00. The minimum atomic E-state index is 0.926. The maximum atomic E-state index is 5.33. The number of methoxy groups -OCH3 is 1. The van der Waals surface area contributed by atoms with Crippen molar-refractivity contribution in [3.05, 3.63) is 42.0 Å². The van der Waals surface area contributed by atoms with Crippen LogP contribution in [-0.2, 0) is 6.54 Å². The van der Waals surface area contributed by atoms with E-state index in [4.69, 9.17) is 4.74 Å². The Hall–Kier alpha value is -2.34. The smallest absolute Gasteiger partial charge is 0.151 e. The van der Waals surface area contributed by atoms with E-state index in [-0.39, 0.29) is 0 Å². The summed E-state index contributed by atoms with van der Waals surface area (Å²) >= 11 is 0. The third kappa shape index (κ3) is 4.50. The van der Waals surface area contributed by atoms with E-state index in [2.05, 4.69) is 55.2 Å². The molecule has 6 heteroatoms. The summed E-state index contributed by atoms with van der Waals surface area (Å²) in [6.07, 6.45) is 3.86. The molecule has 1 aromatic heterocycles. The maximum absolute atomic E-state index is 5.33. The minimum absolute atomic E-state index is 0.926. The monoisotopic (exact) mass is 367 g/mol. The molecule has 2 aliphatic heterocycles. The molecule has 1 aromatic carbocycles. The van der Waals surface area contributed by atoms with E-state index in [1.54, 1.807) is 7.11 Å². The summed E-state index contributed by atoms with van der Waals surface area (Å²) in [6, 6.07) is 12.6. The largest absolute Gasteiger partial charge is 0.497 e. The lowest BCUT2D eigenvalue weighted by Crippen LogP contribution is -2.46. The number of piperazine rings is 1. The van der Waals surface area contributed by atoms with Crippen LogP contribution in [0.5, 0.6) is 5.75 Å². The highest BCUT2D eigenvalue weighted by molar-refractivity contribution is 5.45. The Kier molecular flexibility index (Phi) is 5.72. The topological polar surface area (TPSA) is 44.7 Å². The van der Waals surface area contributed by atoms with Crippen LogP contribution < -0.4 is 14.5 Å². The number of anilines is 2. The molecule has 0 unspecified atom stereocenters. The first-order valence-electron chi connectivity index (χ1n) is 10.0. The third-order valence-electron chi connectivity index (χ3n) is 5.55. The second-order valence-corrected chi connectivity index (χ2v) is 7.41. The fourth-order valence-corrected chi connectivity index (χ4v) is 3.94. The normalized spacial score (nSPS) is 18.6. The van der Waals surface area contributed by atoms with E-state index in [0.717, 1.165) is 63.2 Å². The number of aromatic nitrogens is 2.